The zero-order chi connectivity index (χ0) is 11.0. The van der Waals surface area contributed by atoms with Gasteiger partial charge in [0.2, 0.25) is 0 Å². The fourth-order valence-corrected chi connectivity index (χ4v) is 2.15. The lowest BCUT2D eigenvalue weighted by atomic mass is 10.1. The van der Waals surface area contributed by atoms with Crippen molar-refractivity contribution in [1.82, 2.24) is 4.98 Å². The summed E-state index contributed by atoms with van der Waals surface area (Å²) < 4.78 is 0. The van der Waals surface area contributed by atoms with Crippen LogP contribution in [0, 0.1) is 6.92 Å². The fraction of sp³-hybridized carbons (Fsp3) is 0.182. The first kappa shape index (κ1) is 10.5. The van der Waals surface area contributed by atoms with E-state index in [0.29, 0.717) is 10.0 Å². The number of aryl methyl sites for hydroxylation is 1. The van der Waals surface area contributed by atoms with Crippen LogP contribution in [-0.4, -0.2) is 12.0 Å². The van der Waals surface area contributed by atoms with E-state index in [1.807, 2.05) is 26.1 Å². The standard InChI is InChI=1S/C11H10Cl2N2/c1-6-5-7(12)11-9(10(6)13)8(14-2)3-4-15-11/h3-5H,1-2H3,(H,14,15). The van der Waals surface area contributed by atoms with Crippen molar-refractivity contribution >= 4 is 39.8 Å². The van der Waals surface area contributed by atoms with E-state index in [0.717, 1.165) is 22.2 Å². The van der Waals surface area contributed by atoms with Gasteiger partial charge in [-0.2, -0.15) is 0 Å². The minimum absolute atomic E-state index is 0.629. The van der Waals surface area contributed by atoms with E-state index in [9.17, 15) is 0 Å². The first-order valence-electron chi connectivity index (χ1n) is 4.56. The maximum Gasteiger partial charge on any atom is 0.0924 e. The van der Waals surface area contributed by atoms with Gasteiger partial charge in [0, 0.05) is 24.3 Å². The Morgan fingerprint density at radius 3 is 2.73 bits per heavy atom. The number of benzene rings is 1. The summed E-state index contributed by atoms with van der Waals surface area (Å²) in [6, 6.07) is 3.71. The van der Waals surface area contributed by atoms with Gasteiger partial charge in [0.05, 0.1) is 15.6 Å². The first-order valence-corrected chi connectivity index (χ1v) is 5.32. The van der Waals surface area contributed by atoms with Crippen molar-refractivity contribution in [2.45, 2.75) is 6.92 Å². The van der Waals surface area contributed by atoms with E-state index in [-0.39, 0.29) is 0 Å². The van der Waals surface area contributed by atoms with E-state index in [4.69, 9.17) is 23.2 Å². The molecule has 0 aliphatic rings. The van der Waals surface area contributed by atoms with E-state index in [1.54, 1.807) is 6.20 Å². The first-order chi connectivity index (χ1) is 7.15. The molecule has 1 aromatic heterocycles. The van der Waals surface area contributed by atoms with Crippen LogP contribution in [0.5, 0.6) is 0 Å². The molecule has 15 heavy (non-hydrogen) atoms. The summed E-state index contributed by atoms with van der Waals surface area (Å²) in [5.74, 6) is 0. The van der Waals surface area contributed by atoms with Crippen LogP contribution in [-0.2, 0) is 0 Å². The molecule has 0 spiro atoms. The number of aromatic nitrogens is 1. The van der Waals surface area contributed by atoms with Crippen molar-refractivity contribution in [3.05, 3.63) is 33.9 Å². The minimum Gasteiger partial charge on any atom is -0.387 e. The van der Waals surface area contributed by atoms with Crippen LogP contribution in [0.2, 0.25) is 10.0 Å². The molecule has 0 aliphatic heterocycles. The van der Waals surface area contributed by atoms with Gasteiger partial charge in [-0.05, 0) is 24.6 Å². The van der Waals surface area contributed by atoms with Gasteiger partial charge < -0.3 is 5.32 Å². The van der Waals surface area contributed by atoms with Gasteiger partial charge in [0.1, 0.15) is 0 Å². The predicted octanol–water partition coefficient (Wildman–Crippen LogP) is 3.89. The molecule has 0 unspecified atom stereocenters. The van der Waals surface area contributed by atoms with E-state index >= 15 is 0 Å². The monoisotopic (exact) mass is 240 g/mol. The van der Waals surface area contributed by atoms with Crippen LogP contribution in [0.15, 0.2) is 18.3 Å². The van der Waals surface area contributed by atoms with Gasteiger partial charge in [-0.3, -0.25) is 4.98 Å². The molecule has 2 aromatic rings. The lowest BCUT2D eigenvalue weighted by molar-refractivity contribution is 1.38. The van der Waals surface area contributed by atoms with Crippen LogP contribution < -0.4 is 5.32 Å². The molecule has 0 aliphatic carbocycles. The molecule has 0 radical (unpaired) electrons. The summed E-state index contributed by atoms with van der Waals surface area (Å²) in [5.41, 5.74) is 2.63. The number of nitrogens with one attached hydrogen (secondary N) is 1. The summed E-state index contributed by atoms with van der Waals surface area (Å²) in [5, 5.41) is 5.29. The second-order valence-electron chi connectivity index (χ2n) is 3.32. The number of fused-ring (bicyclic) bond motifs is 1. The smallest absolute Gasteiger partial charge is 0.0924 e. The maximum absolute atomic E-state index is 6.24. The molecule has 1 N–H and O–H groups in total. The number of pyridine rings is 1. The van der Waals surface area contributed by atoms with Crippen LogP contribution in [0.4, 0.5) is 5.69 Å². The second kappa shape index (κ2) is 3.87. The lowest BCUT2D eigenvalue weighted by Crippen LogP contribution is -1.93. The van der Waals surface area contributed by atoms with Crippen LogP contribution in [0.25, 0.3) is 10.9 Å². The van der Waals surface area contributed by atoms with Crippen molar-refractivity contribution < 1.29 is 0 Å². The van der Waals surface area contributed by atoms with E-state index < -0.39 is 0 Å². The topological polar surface area (TPSA) is 24.9 Å². The van der Waals surface area contributed by atoms with Crippen molar-refractivity contribution in [1.29, 1.82) is 0 Å². The molecule has 0 fully saturated rings. The third-order valence-corrected chi connectivity index (χ3v) is 3.13. The fourth-order valence-electron chi connectivity index (χ4n) is 1.59. The Hall–Kier alpha value is -0.990. The third-order valence-electron chi connectivity index (χ3n) is 2.36. The van der Waals surface area contributed by atoms with Gasteiger partial charge in [0.25, 0.3) is 0 Å². The van der Waals surface area contributed by atoms with Gasteiger partial charge in [0.15, 0.2) is 0 Å². The molecule has 2 rings (SSSR count). The Morgan fingerprint density at radius 1 is 1.33 bits per heavy atom. The highest BCUT2D eigenvalue weighted by Crippen LogP contribution is 2.35. The quantitative estimate of drug-likeness (QED) is 0.819. The Morgan fingerprint density at radius 2 is 2.07 bits per heavy atom. The lowest BCUT2D eigenvalue weighted by Gasteiger charge is -2.10. The largest absolute Gasteiger partial charge is 0.387 e. The molecule has 4 heteroatoms. The van der Waals surface area contributed by atoms with Crippen molar-refractivity contribution in [2.24, 2.45) is 0 Å². The van der Waals surface area contributed by atoms with Crippen molar-refractivity contribution in [3.63, 3.8) is 0 Å². The van der Waals surface area contributed by atoms with Gasteiger partial charge >= 0.3 is 0 Å². The van der Waals surface area contributed by atoms with Gasteiger partial charge in [-0.15, -0.1) is 0 Å². The SMILES string of the molecule is CNc1ccnc2c(Cl)cc(C)c(Cl)c12. The molecule has 0 amide bonds. The highest BCUT2D eigenvalue weighted by Gasteiger charge is 2.11. The Labute approximate surface area is 98.2 Å². The maximum atomic E-state index is 6.24. The molecule has 0 saturated heterocycles. The molecular formula is C11H10Cl2N2. The Kier molecular flexibility index (Phi) is 2.72. The highest BCUT2D eigenvalue weighted by molar-refractivity contribution is 6.41. The molecule has 0 bridgehead atoms. The minimum atomic E-state index is 0.629. The molecule has 1 aromatic carbocycles. The Bertz CT molecular complexity index is 523. The number of halogens is 2. The number of anilines is 1. The van der Waals surface area contributed by atoms with Crippen LogP contribution in [0.1, 0.15) is 5.56 Å². The number of hydrogen-bond donors (Lipinski definition) is 1. The molecule has 78 valence electrons. The highest BCUT2D eigenvalue weighted by atomic mass is 35.5. The molecule has 0 saturated carbocycles. The van der Waals surface area contributed by atoms with Crippen LogP contribution >= 0.6 is 23.2 Å². The number of hydrogen-bond acceptors (Lipinski definition) is 2. The normalized spacial score (nSPS) is 10.7. The molecule has 1 heterocycles. The van der Waals surface area contributed by atoms with E-state index in [1.165, 1.54) is 0 Å². The average Bonchev–Trinajstić information content (AvgIpc) is 2.25. The summed E-state index contributed by atoms with van der Waals surface area (Å²) in [6.45, 7) is 1.93. The summed E-state index contributed by atoms with van der Waals surface area (Å²) in [7, 11) is 1.85. The molecular weight excluding hydrogens is 231 g/mol. The number of rotatable bonds is 1. The summed E-state index contributed by atoms with van der Waals surface area (Å²) >= 11 is 12.4. The van der Waals surface area contributed by atoms with Gasteiger partial charge in [-0.1, -0.05) is 23.2 Å². The van der Waals surface area contributed by atoms with Crippen molar-refractivity contribution in [2.75, 3.05) is 12.4 Å². The Balaban J connectivity index is 2.96. The summed E-state index contributed by atoms with van der Waals surface area (Å²) in [6.07, 6.45) is 1.71. The predicted molar refractivity (Wildman–Crippen MR) is 66.0 cm³/mol. The van der Waals surface area contributed by atoms with E-state index in [2.05, 4.69) is 10.3 Å². The third kappa shape index (κ3) is 1.64. The second-order valence-corrected chi connectivity index (χ2v) is 4.11. The molecule has 2 nitrogen and oxygen atoms in total. The zero-order valence-corrected chi connectivity index (χ0v) is 9.95. The number of nitrogens with zero attached hydrogens (tertiary/aromatic N) is 1. The van der Waals surface area contributed by atoms with Crippen molar-refractivity contribution in [3.8, 4) is 0 Å². The van der Waals surface area contributed by atoms with Crippen LogP contribution in [0.3, 0.4) is 0 Å². The average molecular weight is 241 g/mol. The summed E-state index contributed by atoms with van der Waals surface area (Å²) in [4.78, 5) is 4.23. The van der Waals surface area contributed by atoms with Gasteiger partial charge in [-0.25, -0.2) is 0 Å². The zero-order valence-electron chi connectivity index (χ0n) is 8.44. The molecule has 0 atom stereocenters.